The Labute approximate surface area is 191 Å². The average molecular weight is 455 g/mol. The van der Waals surface area contributed by atoms with Crippen LogP contribution in [0, 0.1) is 5.82 Å². The van der Waals surface area contributed by atoms with Gasteiger partial charge in [-0.1, -0.05) is 43.8 Å². The third-order valence-corrected chi connectivity index (χ3v) is 5.71. The fraction of sp³-hybridized carbons (Fsp3) is 0.292. The van der Waals surface area contributed by atoms with Gasteiger partial charge in [0.25, 0.3) is 0 Å². The molecule has 32 heavy (non-hydrogen) atoms. The molecule has 1 unspecified atom stereocenters. The minimum Gasteiger partial charge on any atom is -0.483 e. The first-order chi connectivity index (χ1) is 15.4. The summed E-state index contributed by atoms with van der Waals surface area (Å²) in [5.74, 6) is 1.31. The number of benzene rings is 2. The van der Waals surface area contributed by atoms with Crippen molar-refractivity contribution in [2.24, 2.45) is 0 Å². The van der Waals surface area contributed by atoms with E-state index in [9.17, 15) is 9.18 Å². The van der Waals surface area contributed by atoms with Crippen LogP contribution in [0.5, 0.6) is 5.75 Å². The number of halogens is 1. The van der Waals surface area contributed by atoms with E-state index in [4.69, 9.17) is 4.74 Å². The lowest BCUT2D eigenvalue weighted by Gasteiger charge is -2.15. The maximum absolute atomic E-state index is 13.1. The van der Waals surface area contributed by atoms with E-state index in [1.54, 1.807) is 18.2 Å². The van der Waals surface area contributed by atoms with Gasteiger partial charge in [-0.2, -0.15) is 0 Å². The molecule has 2 aromatic carbocycles. The summed E-state index contributed by atoms with van der Waals surface area (Å²) in [5.41, 5.74) is 1.98. The minimum atomic E-state index is -0.421. The van der Waals surface area contributed by atoms with Gasteiger partial charge < -0.3 is 10.1 Å². The predicted octanol–water partition coefficient (Wildman–Crippen LogP) is 5.60. The maximum atomic E-state index is 13.1. The van der Waals surface area contributed by atoms with Crippen LogP contribution < -0.4 is 10.1 Å². The van der Waals surface area contributed by atoms with Crippen molar-refractivity contribution in [3.63, 3.8) is 0 Å². The van der Waals surface area contributed by atoms with Crippen molar-refractivity contribution < 1.29 is 13.9 Å². The average Bonchev–Trinajstić information content (AvgIpc) is 3.17. The van der Waals surface area contributed by atoms with Crippen molar-refractivity contribution in [1.29, 1.82) is 0 Å². The zero-order valence-electron chi connectivity index (χ0n) is 18.4. The van der Waals surface area contributed by atoms with Crippen molar-refractivity contribution in [3.05, 3.63) is 78.4 Å². The van der Waals surface area contributed by atoms with Crippen LogP contribution in [0.25, 0.3) is 0 Å². The number of hydrogen-bond donors (Lipinski definition) is 1. The lowest BCUT2D eigenvalue weighted by Crippen LogP contribution is -2.15. The molecule has 0 saturated carbocycles. The van der Waals surface area contributed by atoms with Gasteiger partial charge in [-0.3, -0.25) is 9.36 Å². The van der Waals surface area contributed by atoms with Crippen molar-refractivity contribution in [3.8, 4) is 5.75 Å². The van der Waals surface area contributed by atoms with E-state index in [-0.39, 0.29) is 17.5 Å². The van der Waals surface area contributed by atoms with Crippen LogP contribution in [0.4, 0.5) is 10.1 Å². The van der Waals surface area contributed by atoms with Crippen molar-refractivity contribution in [1.82, 2.24) is 14.8 Å². The molecule has 0 aliphatic heterocycles. The lowest BCUT2D eigenvalue weighted by atomic mass is 10.0. The predicted molar refractivity (Wildman–Crippen MR) is 126 cm³/mol. The first-order valence-electron chi connectivity index (χ1n) is 10.4. The molecule has 8 heteroatoms. The molecule has 0 saturated heterocycles. The van der Waals surface area contributed by atoms with E-state index < -0.39 is 6.10 Å². The number of thioether (sulfide) groups is 1. The summed E-state index contributed by atoms with van der Waals surface area (Å²) in [4.78, 5) is 12.4. The maximum Gasteiger partial charge on any atom is 0.234 e. The first-order valence-corrected chi connectivity index (χ1v) is 11.3. The van der Waals surface area contributed by atoms with E-state index in [0.717, 1.165) is 5.69 Å². The summed E-state index contributed by atoms with van der Waals surface area (Å²) >= 11 is 1.29. The Bertz CT molecular complexity index is 1050. The Morgan fingerprint density at radius 1 is 1.16 bits per heavy atom. The molecule has 0 bridgehead atoms. The molecule has 168 valence electrons. The molecule has 1 amide bonds. The van der Waals surface area contributed by atoms with Gasteiger partial charge in [0, 0.05) is 12.2 Å². The molecule has 0 aliphatic carbocycles. The molecule has 1 heterocycles. The van der Waals surface area contributed by atoms with Crippen LogP contribution in [0.15, 0.2) is 66.3 Å². The smallest absolute Gasteiger partial charge is 0.234 e. The van der Waals surface area contributed by atoms with Gasteiger partial charge in [-0.25, -0.2) is 4.39 Å². The summed E-state index contributed by atoms with van der Waals surface area (Å²) in [6, 6.07) is 13.7. The Morgan fingerprint density at radius 3 is 2.47 bits per heavy atom. The highest BCUT2D eigenvalue weighted by Crippen LogP contribution is 2.25. The number of carbonyl (C=O) groups excluding carboxylic acids is 1. The zero-order chi connectivity index (χ0) is 23.1. The molecule has 1 N–H and O–H groups in total. The molecule has 0 radical (unpaired) electrons. The lowest BCUT2D eigenvalue weighted by molar-refractivity contribution is -0.113. The molecule has 1 aromatic heterocycles. The van der Waals surface area contributed by atoms with Gasteiger partial charge in [0.1, 0.15) is 11.6 Å². The molecule has 0 fully saturated rings. The Morgan fingerprint density at radius 2 is 1.84 bits per heavy atom. The zero-order valence-corrected chi connectivity index (χ0v) is 19.2. The third-order valence-electron chi connectivity index (χ3n) is 4.74. The number of nitrogens with one attached hydrogen (secondary N) is 1. The number of ether oxygens (including phenoxy) is 1. The standard InChI is InChI=1S/C24H27FN4O2S/c1-5-14-29-23(17(4)31-21-12-8-19(25)9-13-21)27-28-24(29)32-15-22(30)26-20-10-6-18(7-11-20)16(2)3/h5-13,16-17H,1,14-15H2,2-4H3,(H,26,30). The molecule has 3 aromatic rings. The SMILES string of the molecule is C=CCn1c(SCC(=O)Nc2ccc(C(C)C)cc2)nnc1C(C)Oc1ccc(F)cc1. The summed E-state index contributed by atoms with van der Waals surface area (Å²) in [6.45, 7) is 10.4. The molecule has 0 aliphatic rings. The Hall–Kier alpha value is -3.13. The van der Waals surface area contributed by atoms with Crippen LogP contribution in [0.1, 0.15) is 44.2 Å². The van der Waals surface area contributed by atoms with E-state index in [1.807, 2.05) is 35.8 Å². The fourth-order valence-corrected chi connectivity index (χ4v) is 3.81. The van der Waals surface area contributed by atoms with Gasteiger partial charge >= 0.3 is 0 Å². The highest BCUT2D eigenvalue weighted by molar-refractivity contribution is 7.99. The van der Waals surface area contributed by atoms with Crippen molar-refractivity contribution in [2.75, 3.05) is 11.1 Å². The highest BCUT2D eigenvalue weighted by Gasteiger charge is 2.20. The fourth-order valence-electron chi connectivity index (χ4n) is 3.06. The van der Waals surface area contributed by atoms with Gasteiger partial charge in [0.15, 0.2) is 17.1 Å². The van der Waals surface area contributed by atoms with Gasteiger partial charge in [-0.15, -0.1) is 16.8 Å². The summed E-state index contributed by atoms with van der Waals surface area (Å²) in [7, 11) is 0. The summed E-state index contributed by atoms with van der Waals surface area (Å²) < 4.78 is 20.9. The molecule has 6 nitrogen and oxygen atoms in total. The largest absolute Gasteiger partial charge is 0.483 e. The number of allylic oxidation sites excluding steroid dienone is 1. The van der Waals surface area contributed by atoms with Crippen molar-refractivity contribution in [2.45, 2.75) is 44.5 Å². The molecule has 3 rings (SSSR count). The Kier molecular flexibility index (Phi) is 8.05. The number of anilines is 1. The summed E-state index contributed by atoms with van der Waals surface area (Å²) in [5, 5.41) is 12.0. The van der Waals surface area contributed by atoms with Crippen LogP contribution in [0.3, 0.4) is 0 Å². The minimum absolute atomic E-state index is 0.127. The van der Waals surface area contributed by atoms with E-state index in [2.05, 4.69) is 35.9 Å². The quantitative estimate of drug-likeness (QED) is 0.319. The summed E-state index contributed by atoms with van der Waals surface area (Å²) in [6.07, 6.45) is 1.31. The van der Waals surface area contributed by atoms with Gasteiger partial charge in [-0.05, 0) is 54.8 Å². The monoisotopic (exact) mass is 454 g/mol. The third kappa shape index (κ3) is 6.20. The number of carbonyl (C=O) groups is 1. The highest BCUT2D eigenvalue weighted by atomic mass is 32.2. The number of amides is 1. The Balaban J connectivity index is 1.63. The molecular weight excluding hydrogens is 427 g/mol. The molecular formula is C24H27FN4O2S. The second-order valence-corrected chi connectivity index (χ2v) is 8.51. The van der Waals surface area contributed by atoms with E-state index >= 15 is 0 Å². The van der Waals surface area contributed by atoms with Gasteiger partial charge in [0.2, 0.25) is 5.91 Å². The normalized spacial score (nSPS) is 11.9. The topological polar surface area (TPSA) is 69.0 Å². The van der Waals surface area contributed by atoms with Crippen LogP contribution in [0.2, 0.25) is 0 Å². The number of hydrogen-bond acceptors (Lipinski definition) is 5. The van der Waals surface area contributed by atoms with Crippen LogP contribution in [-0.2, 0) is 11.3 Å². The van der Waals surface area contributed by atoms with E-state index in [0.29, 0.717) is 29.2 Å². The number of nitrogens with zero attached hydrogens (tertiary/aromatic N) is 3. The van der Waals surface area contributed by atoms with Crippen LogP contribution >= 0.6 is 11.8 Å². The number of rotatable bonds is 10. The van der Waals surface area contributed by atoms with Crippen LogP contribution in [-0.4, -0.2) is 26.4 Å². The molecule has 1 atom stereocenters. The van der Waals surface area contributed by atoms with Gasteiger partial charge in [0.05, 0.1) is 5.75 Å². The molecule has 0 spiro atoms. The second kappa shape index (κ2) is 10.9. The van der Waals surface area contributed by atoms with Crippen molar-refractivity contribution >= 4 is 23.4 Å². The second-order valence-electron chi connectivity index (χ2n) is 7.57. The first kappa shape index (κ1) is 23.5. The van der Waals surface area contributed by atoms with E-state index in [1.165, 1.54) is 29.5 Å². The number of aromatic nitrogens is 3.